The molecule has 3 heteroatoms. The van der Waals surface area contributed by atoms with Crippen molar-refractivity contribution in [3.63, 3.8) is 0 Å². The quantitative estimate of drug-likeness (QED) is 0.676. The Bertz CT molecular complexity index is 299. The maximum absolute atomic E-state index is 9.68. The molecule has 1 atom stereocenters. The van der Waals surface area contributed by atoms with Crippen LogP contribution in [0.3, 0.4) is 0 Å². The van der Waals surface area contributed by atoms with Crippen molar-refractivity contribution in [2.75, 3.05) is 6.61 Å². The van der Waals surface area contributed by atoms with Gasteiger partial charge in [0.05, 0.1) is 6.61 Å². The Morgan fingerprint density at radius 3 is 2.79 bits per heavy atom. The highest BCUT2D eigenvalue weighted by Crippen LogP contribution is 2.20. The van der Waals surface area contributed by atoms with Crippen LogP contribution in [0.5, 0.6) is 5.75 Å². The molecule has 1 rings (SSSR count). The van der Waals surface area contributed by atoms with Crippen molar-refractivity contribution in [3.05, 3.63) is 29.3 Å². The van der Waals surface area contributed by atoms with Crippen molar-refractivity contribution < 1.29 is 10.2 Å². The van der Waals surface area contributed by atoms with E-state index in [0.29, 0.717) is 12.3 Å². The number of aliphatic hydroxyl groups excluding tert-OH is 1. The monoisotopic (exact) mass is 195 g/mol. The van der Waals surface area contributed by atoms with Gasteiger partial charge < -0.3 is 15.5 Å². The Morgan fingerprint density at radius 2 is 2.14 bits per heavy atom. The second-order valence-electron chi connectivity index (χ2n) is 3.55. The van der Waals surface area contributed by atoms with Gasteiger partial charge in [-0.1, -0.05) is 18.2 Å². The van der Waals surface area contributed by atoms with E-state index >= 15 is 0 Å². The molecule has 1 aromatic rings. The van der Waals surface area contributed by atoms with Crippen LogP contribution in [0.1, 0.15) is 18.1 Å². The van der Waals surface area contributed by atoms with Gasteiger partial charge in [0.2, 0.25) is 0 Å². The number of benzene rings is 1. The van der Waals surface area contributed by atoms with E-state index in [2.05, 4.69) is 5.32 Å². The van der Waals surface area contributed by atoms with E-state index in [0.717, 1.165) is 11.1 Å². The van der Waals surface area contributed by atoms with Gasteiger partial charge in [-0.25, -0.2) is 0 Å². The second-order valence-corrected chi connectivity index (χ2v) is 3.55. The van der Waals surface area contributed by atoms with Crippen molar-refractivity contribution in [3.8, 4) is 5.75 Å². The van der Waals surface area contributed by atoms with Crippen molar-refractivity contribution in [1.82, 2.24) is 5.32 Å². The molecule has 0 aliphatic carbocycles. The first-order chi connectivity index (χ1) is 6.65. The largest absolute Gasteiger partial charge is 0.507 e. The van der Waals surface area contributed by atoms with Gasteiger partial charge in [-0.2, -0.15) is 0 Å². The standard InChI is InChI=1S/C11H17NO2/c1-8-4-3-5-10(11(8)14)6-12-9(2)7-13/h3-5,9,12-14H,6-7H2,1-2H3/t9-/m1/s1. The third-order valence-corrected chi connectivity index (χ3v) is 2.24. The zero-order valence-corrected chi connectivity index (χ0v) is 8.62. The van der Waals surface area contributed by atoms with Crippen LogP contribution < -0.4 is 5.32 Å². The molecule has 0 heterocycles. The van der Waals surface area contributed by atoms with Gasteiger partial charge in [-0.05, 0) is 19.4 Å². The summed E-state index contributed by atoms with van der Waals surface area (Å²) in [5.74, 6) is 0.338. The van der Waals surface area contributed by atoms with E-state index in [9.17, 15) is 5.11 Å². The van der Waals surface area contributed by atoms with Crippen LogP contribution >= 0.6 is 0 Å². The van der Waals surface area contributed by atoms with Gasteiger partial charge in [-0.3, -0.25) is 0 Å². The molecule has 0 amide bonds. The number of nitrogens with one attached hydrogen (secondary N) is 1. The molecule has 0 bridgehead atoms. The van der Waals surface area contributed by atoms with Gasteiger partial charge in [0.1, 0.15) is 5.75 Å². The summed E-state index contributed by atoms with van der Waals surface area (Å²) in [5, 5.41) is 21.6. The highest BCUT2D eigenvalue weighted by Gasteiger charge is 2.04. The number of hydrogen-bond donors (Lipinski definition) is 3. The molecule has 0 aliphatic heterocycles. The third kappa shape index (κ3) is 2.72. The molecule has 14 heavy (non-hydrogen) atoms. The first-order valence-corrected chi connectivity index (χ1v) is 4.77. The minimum Gasteiger partial charge on any atom is -0.507 e. The van der Waals surface area contributed by atoms with Crippen LogP contribution in [0.4, 0.5) is 0 Å². The maximum atomic E-state index is 9.68. The van der Waals surface area contributed by atoms with Gasteiger partial charge in [0.25, 0.3) is 0 Å². The summed E-state index contributed by atoms with van der Waals surface area (Å²) >= 11 is 0. The summed E-state index contributed by atoms with van der Waals surface area (Å²) in [7, 11) is 0. The van der Waals surface area contributed by atoms with E-state index in [1.54, 1.807) is 0 Å². The summed E-state index contributed by atoms with van der Waals surface area (Å²) in [5.41, 5.74) is 1.74. The topological polar surface area (TPSA) is 52.5 Å². The van der Waals surface area contributed by atoms with E-state index in [1.165, 1.54) is 0 Å². The predicted molar refractivity (Wildman–Crippen MR) is 56.2 cm³/mol. The van der Waals surface area contributed by atoms with Crippen LogP contribution in [0.2, 0.25) is 0 Å². The zero-order valence-electron chi connectivity index (χ0n) is 8.62. The molecule has 78 valence electrons. The van der Waals surface area contributed by atoms with Crippen LogP contribution in [0.25, 0.3) is 0 Å². The molecule has 3 N–H and O–H groups in total. The molecule has 0 unspecified atom stereocenters. The average molecular weight is 195 g/mol. The minimum absolute atomic E-state index is 0.0508. The number of hydrogen-bond acceptors (Lipinski definition) is 3. The predicted octanol–water partition coefficient (Wildman–Crippen LogP) is 1.17. The van der Waals surface area contributed by atoms with E-state index < -0.39 is 0 Å². The van der Waals surface area contributed by atoms with Crippen LogP contribution in [-0.4, -0.2) is 22.9 Å². The van der Waals surface area contributed by atoms with Crippen molar-refractivity contribution in [2.45, 2.75) is 26.4 Å². The van der Waals surface area contributed by atoms with Crippen molar-refractivity contribution >= 4 is 0 Å². The van der Waals surface area contributed by atoms with E-state index in [1.807, 2.05) is 32.0 Å². The Balaban J connectivity index is 2.63. The molecular weight excluding hydrogens is 178 g/mol. The lowest BCUT2D eigenvalue weighted by Gasteiger charge is -2.12. The van der Waals surface area contributed by atoms with Crippen molar-refractivity contribution in [2.24, 2.45) is 0 Å². The fourth-order valence-corrected chi connectivity index (χ4v) is 1.21. The zero-order chi connectivity index (χ0) is 10.6. The number of aryl methyl sites for hydroxylation is 1. The minimum atomic E-state index is 0.0508. The lowest BCUT2D eigenvalue weighted by molar-refractivity contribution is 0.250. The van der Waals surface area contributed by atoms with Gasteiger partial charge in [-0.15, -0.1) is 0 Å². The molecular formula is C11H17NO2. The summed E-state index contributed by atoms with van der Waals surface area (Å²) in [6, 6.07) is 5.71. The van der Waals surface area contributed by atoms with Crippen molar-refractivity contribution in [1.29, 1.82) is 0 Å². The fourth-order valence-electron chi connectivity index (χ4n) is 1.21. The van der Waals surface area contributed by atoms with E-state index in [4.69, 9.17) is 5.11 Å². The number of rotatable bonds is 4. The highest BCUT2D eigenvalue weighted by molar-refractivity contribution is 5.39. The normalized spacial score (nSPS) is 12.8. The Labute approximate surface area is 84.4 Å². The molecule has 0 saturated heterocycles. The fraction of sp³-hybridized carbons (Fsp3) is 0.455. The number of para-hydroxylation sites is 1. The molecule has 0 radical (unpaired) electrons. The molecule has 0 fully saturated rings. The van der Waals surface area contributed by atoms with Crippen LogP contribution in [0, 0.1) is 6.92 Å². The SMILES string of the molecule is Cc1cccc(CN[C@H](C)CO)c1O. The average Bonchev–Trinajstić information content (AvgIpc) is 2.20. The summed E-state index contributed by atoms with van der Waals surface area (Å²) in [6.45, 7) is 4.45. The molecule has 1 aromatic carbocycles. The molecule has 0 saturated carbocycles. The number of aromatic hydroxyl groups is 1. The summed E-state index contributed by atoms with van der Waals surface area (Å²) in [4.78, 5) is 0. The highest BCUT2D eigenvalue weighted by atomic mass is 16.3. The molecule has 0 spiro atoms. The molecule has 0 aliphatic rings. The summed E-state index contributed by atoms with van der Waals surface area (Å²) < 4.78 is 0. The maximum Gasteiger partial charge on any atom is 0.122 e. The Hall–Kier alpha value is -1.06. The lowest BCUT2D eigenvalue weighted by atomic mass is 10.1. The number of phenols is 1. The van der Waals surface area contributed by atoms with Gasteiger partial charge >= 0.3 is 0 Å². The number of phenolic OH excluding ortho intramolecular Hbond substituents is 1. The lowest BCUT2D eigenvalue weighted by Crippen LogP contribution is -2.28. The van der Waals surface area contributed by atoms with Gasteiger partial charge in [0, 0.05) is 18.2 Å². The summed E-state index contributed by atoms with van der Waals surface area (Å²) in [6.07, 6.45) is 0. The smallest absolute Gasteiger partial charge is 0.122 e. The Kier molecular flexibility index (Phi) is 3.92. The van der Waals surface area contributed by atoms with Crippen LogP contribution in [0.15, 0.2) is 18.2 Å². The van der Waals surface area contributed by atoms with Crippen LogP contribution in [-0.2, 0) is 6.54 Å². The molecule has 0 aromatic heterocycles. The Morgan fingerprint density at radius 1 is 1.43 bits per heavy atom. The first kappa shape index (κ1) is 11.0. The van der Waals surface area contributed by atoms with Gasteiger partial charge in [0.15, 0.2) is 0 Å². The number of aliphatic hydroxyl groups is 1. The second kappa shape index (κ2) is 4.98. The third-order valence-electron chi connectivity index (χ3n) is 2.24. The molecule has 3 nitrogen and oxygen atoms in total. The first-order valence-electron chi connectivity index (χ1n) is 4.77. The van der Waals surface area contributed by atoms with E-state index in [-0.39, 0.29) is 12.6 Å².